The third-order valence-electron chi connectivity index (χ3n) is 3.22. The molecule has 1 unspecified atom stereocenters. The number of carbonyl (C=O) groups is 1. The van der Waals surface area contributed by atoms with E-state index in [0.29, 0.717) is 31.1 Å². The van der Waals surface area contributed by atoms with Crippen LogP contribution in [0.15, 0.2) is 29.0 Å². The van der Waals surface area contributed by atoms with Crippen molar-refractivity contribution in [1.82, 2.24) is 20.4 Å². The van der Waals surface area contributed by atoms with Gasteiger partial charge in [-0.2, -0.15) is 4.98 Å². The van der Waals surface area contributed by atoms with E-state index in [1.165, 1.54) is 0 Å². The van der Waals surface area contributed by atoms with E-state index in [1.807, 2.05) is 19.9 Å². The van der Waals surface area contributed by atoms with Crippen LogP contribution < -0.4 is 11.1 Å². The normalized spacial score (nSPS) is 12.4. The number of hydrogen-bond donors (Lipinski definition) is 2. The Morgan fingerprint density at radius 3 is 2.91 bits per heavy atom. The molecule has 7 heteroatoms. The summed E-state index contributed by atoms with van der Waals surface area (Å²) in [6.07, 6.45) is 4.39. The van der Waals surface area contributed by atoms with E-state index in [2.05, 4.69) is 20.4 Å². The summed E-state index contributed by atoms with van der Waals surface area (Å²) in [6.45, 7) is 4.47. The number of amides is 1. The first kappa shape index (κ1) is 16.1. The third-order valence-corrected chi connectivity index (χ3v) is 3.22. The zero-order valence-corrected chi connectivity index (χ0v) is 12.8. The Labute approximate surface area is 129 Å². The molecule has 0 spiro atoms. The molecule has 0 bridgehead atoms. The van der Waals surface area contributed by atoms with Crippen LogP contribution >= 0.6 is 0 Å². The number of pyridine rings is 1. The molecule has 7 nitrogen and oxygen atoms in total. The molecule has 22 heavy (non-hydrogen) atoms. The van der Waals surface area contributed by atoms with E-state index >= 15 is 0 Å². The highest BCUT2D eigenvalue weighted by molar-refractivity contribution is 5.76. The molecule has 2 aromatic heterocycles. The van der Waals surface area contributed by atoms with Crippen LogP contribution in [0.1, 0.15) is 38.6 Å². The Kier molecular flexibility index (Phi) is 5.60. The Bertz CT molecular complexity index is 597. The molecule has 0 fully saturated rings. The maximum atomic E-state index is 11.9. The molecular formula is C15H21N5O2. The molecule has 3 N–H and O–H groups in total. The van der Waals surface area contributed by atoms with Gasteiger partial charge in [0.2, 0.25) is 17.6 Å². The zero-order valence-electron chi connectivity index (χ0n) is 12.8. The SMILES string of the molecule is CC(C)C(NC(=O)CCCN)c1nc(-c2cccnc2)no1. The van der Waals surface area contributed by atoms with Crippen molar-refractivity contribution in [1.29, 1.82) is 0 Å². The topological polar surface area (TPSA) is 107 Å². The van der Waals surface area contributed by atoms with Gasteiger partial charge in [-0.05, 0) is 31.0 Å². The van der Waals surface area contributed by atoms with Crippen molar-refractivity contribution in [3.05, 3.63) is 30.4 Å². The maximum absolute atomic E-state index is 11.9. The summed E-state index contributed by atoms with van der Waals surface area (Å²) < 4.78 is 5.32. The molecule has 1 atom stereocenters. The van der Waals surface area contributed by atoms with Gasteiger partial charge < -0.3 is 15.6 Å². The van der Waals surface area contributed by atoms with Gasteiger partial charge >= 0.3 is 0 Å². The number of nitrogens with two attached hydrogens (primary N) is 1. The largest absolute Gasteiger partial charge is 0.344 e. The Balaban J connectivity index is 2.13. The van der Waals surface area contributed by atoms with Crippen LogP contribution in [0.4, 0.5) is 0 Å². The van der Waals surface area contributed by atoms with E-state index in [1.54, 1.807) is 18.5 Å². The Morgan fingerprint density at radius 2 is 2.27 bits per heavy atom. The summed E-state index contributed by atoms with van der Waals surface area (Å²) in [5.74, 6) is 0.925. The first-order chi connectivity index (χ1) is 10.6. The van der Waals surface area contributed by atoms with E-state index in [0.717, 1.165) is 5.56 Å². The molecule has 0 aromatic carbocycles. The summed E-state index contributed by atoms with van der Waals surface area (Å²) >= 11 is 0. The highest BCUT2D eigenvalue weighted by atomic mass is 16.5. The summed E-state index contributed by atoms with van der Waals surface area (Å²) in [5.41, 5.74) is 6.19. The Morgan fingerprint density at radius 1 is 1.45 bits per heavy atom. The second kappa shape index (κ2) is 7.65. The van der Waals surface area contributed by atoms with Crippen molar-refractivity contribution in [2.45, 2.75) is 32.7 Å². The summed E-state index contributed by atoms with van der Waals surface area (Å²) in [6, 6.07) is 3.34. The van der Waals surface area contributed by atoms with Crippen LogP contribution in [0.2, 0.25) is 0 Å². The van der Waals surface area contributed by atoms with Crippen molar-refractivity contribution >= 4 is 5.91 Å². The third kappa shape index (κ3) is 4.11. The number of hydrogen-bond acceptors (Lipinski definition) is 6. The fourth-order valence-electron chi connectivity index (χ4n) is 2.00. The van der Waals surface area contributed by atoms with Gasteiger partial charge in [0.25, 0.3) is 0 Å². The highest BCUT2D eigenvalue weighted by Gasteiger charge is 2.24. The lowest BCUT2D eigenvalue weighted by molar-refractivity contribution is -0.122. The smallest absolute Gasteiger partial charge is 0.249 e. The second-order valence-electron chi connectivity index (χ2n) is 5.38. The number of carbonyl (C=O) groups excluding carboxylic acids is 1. The van der Waals surface area contributed by atoms with Crippen molar-refractivity contribution < 1.29 is 9.32 Å². The van der Waals surface area contributed by atoms with Gasteiger partial charge in [0.05, 0.1) is 0 Å². The highest BCUT2D eigenvalue weighted by Crippen LogP contribution is 2.23. The number of nitrogens with one attached hydrogen (secondary N) is 1. The first-order valence-corrected chi connectivity index (χ1v) is 7.35. The fourth-order valence-corrected chi connectivity index (χ4v) is 2.00. The molecular weight excluding hydrogens is 282 g/mol. The van der Waals surface area contributed by atoms with Crippen LogP contribution in [-0.2, 0) is 4.79 Å². The standard InChI is InChI=1S/C15H21N5O2/c1-10(2)13(18-12(21)6-3-7-16)15-19-14(20-22-15)11-5-4-8-17-9-11/h4-5,8-10,13H,3,6-7,16H2,1-2H3,(H,18,21). The van der Waals surface area contributed by atoms with Gasteiger partial charge in [-0.25, -0.2) is 0 Å². The average molecular weight is 303 g/mol. The van der Waals surface area contributed by atoms with Gasteiger partial charge in [0.1, 0.15) is 6.04 Å². The molecule has 0 saturated heterocycles. The molecule has 0 saturated carbocycles. The summed E-state index contributed by atoms with van der Waals surface area (Å²) in [4.78, 5) is 20.3. The molecule has 1 amide bonds. The summed E-state index contributed by atoms with van der Waals surface area (Å²) in [5, 5.41) is 6.89. The predicted molar refractivity (Wildman–Crippen MR) is 81.5 cm³/mol. The molecule has 0 radical (unpaired) electrons. The molecule has 0 aliphatic rings. The predicted octanol–water partition coefficient (Wildman–Crippen LogP) is 1.68. The van der Waals surface area contributed by atoms with Crippen LogP contribution in [0.5, 0.6) is 0 Å². The van der Waals surface area contributed by atoms with Crippen molar-refractivity contribution in [2.24, 2.45) is 11.7 Å². The lowest BCUT2D eigenvalue weighted by Crippen LogP contribution is -2.32. The molecule has 0 aliphatic carbocycles. The average Bonchev–Trinajstić information content (AvgIpc) is 3.00. The monoisotopic (exact) mass is 303 g/mol. The molecule has 118 valence electrons. The zero-order chi connectivity index (χ0) is 15.9. The minimum Gasteiger partial charge on any atom is -0.344 e. The van der Waals surface area contributed by atoms with Crippen molar-refractivity contribution in [3.8, 4) is 11.4 Å². The van der Waals surface area contributed by atoms with E-state index < -0.39 is 0 Å². The van der Waals surface area contributed by atoms with Gasteiger partial charge in [-0.1, -0.05) is 19.0 Å². The van der Waals surface area contributed by atoms with Crippen LogP contribution in [0, 0.1) is 5.92 Å². The molecule has 2 aromatic rings. The summed E-state index contributed by atoms with van der Waals surface area (Å²) in [7, 11) is 0. The molecule has 2 rings (SSSR count). The van der Waals surface area contributed by atoms with Gasteiger partial charge in [0, 0.05) is 24.4 Å². The van der Waals surface area contributed by atoms with Crippen LogP contribution in [0.3, 0.4) is 0 Å². The number of aromatic nitrogens is 3. The van der Waals surface area contributed by atoms with Crippen molar-refractivity contribution in [3.63, 3.8) is 0 Å². The second-order valence-corrected chi connectivity index (χ2v) is 5.38. The number of rotatable bonds is 7. The Hall–Kier alpha value is -2.28. The minimum atomic E-state index is -0.316. The first-order valence-electron chi connectivity index (χ1n) is 7.35. The minimum absolute atomic E-state index is 0.0646. The lowest BCUT2D eigenvalue weighted by atomic mass is 10.0. The van der Waals surface area contributed by atoms with Gasteiger partial charge in [0.15, 0.2) is 0 Å². The van der Waals surface area contributed by atoms with E-state index in [9.17, 15) is 4.79 Å². The maximum Gasteiger partial charge on any atom is 0.249 e. The van der Waals surface area contributed by atoms with Gasteiger partial charge in [-0.15, -0.1) is 0 Å². The molecule has 0 aliphatic heterocycles. The number of nitrogens with zero attached hydrogens (tertiary/aromatic N) is 3. The van der Waals surface area contributed by atoms with Gasteiger partial charge in [-0.3, -0.25) is 9.78 Å². The van der Waals surface area contributed by atoms with E-state index in [-0.39, 0.29) is 17.9 Å². The van der Waals surface area contributed by atoms with Crippen LogP contribution in [-0.4, -0.2) is 27.6 Å². The quantitative estimate of drug-likeness (QED) is 0.806. The fraction of sp³-hybridized carbons (Fsp3) is 0.467. The molecule has 2 heterocycles. The lowest BCUT2D eigenvalue weighted by Gasteiger charge is -2.18. The van der Waals surface area contributed by atoms with Crippen molar-refractivity contribution in [2.75, 3.05) is 6.54 Å². The van der Waals surface area contributed by atoms with E-state index in [4.69, 9.17) is 10.3 Å². The van der Waals surface area contributed by atoms with Crippen LogP contribution in [0.25, 0.3) is 11.4 Å².